The Labute approximate surface area is 392 Å². The lowest BCUT2D eigenvalue weighted by atomic mass is 9.99. The van der Waals surface area contributed by atoms with Gasteiger partial charge in [0.05, 0.1) is 55.4 Å². The van der Waals surface area contributed by atoms with Gasteiger partial charge in [-0.1, -0.05) is 53.7 Å². The molecule has 0 aliphatic carbocycles. The number of nitrogens with one attached hydrogen (secondary N) is 1. The van der Waals surface area contributed by atoms with Gasteiger partial charge in [0, 0.05) is 61.4 Å². The van der Waals surface area contributed by atoms with Crippen molar-refractivity contribution in [1.82, 2.24) is 5.32 Å². The van der Waals surface area contributed by atoms with Gasteiger partial charge in [-0.2, -0.15) is 0 Å². The molecule has 0 saturated carbocycles. The summed E-state index contributed by atoms with van der Waals surface area (Å²) in [5.41, 5.74) is 9.17. The maximum absolute atomic E-state index is 14.0. The summed E-state index contributed by atoms with van der Waals surface area (Å²) in [4.78, 5) is 53.6. The van der Waals surface area contributed by atoms with Crippen LogP contribution in [0.25, 0.3) is 0 Å². The number of rotatable bonds is 18. The van der Waals surface area contributed by atoms with Crippen LogP contribution in [0, 0.1) is 0 Å². The van der Waals surface area contributed by atoms with Gasteiger partial charge >= 0.3 is 0 Å². The molecule has 0 aromatic heterocycles. The summed E-state index contributed by atoms with van der Waals surface area (Å²) in [6, 6.07) is 29.2. The van der Waals surface area contributed by atoms with Crippen LogP contribution >= 0.6 is 0 Å². The molecule has 0 fully saturated rings. The van der Waals surface area contributed by atoms with Gasteiger partial charge in [-0.25, -0.2) is 0 Å². The summed E-state index contributed by atoms with van der Waals surface area (Å²) in [6.07, 6.45) is 11.2. The first-order valence-electron chi connectivity index (χ1n) is 22.5. The van der Waals surface area contributed by atoms with E-state index in [0.717, 1.165) is 64.2 Å². The molecule has 4 heterocycles. The highest BCUT2D eigenvalue weighted by atomic mass is 32.8. The Morgan fingerprint density at radius 1 is 0.727 bits per heavy atom. The highest BCUT2D eigenvalue weighted by Crippen LogP contribution is 2.42. The quantitative estimate of drug-likeness (QED) is 0.0868. The molecule has 340 valence electrons. The Morgan fingerprint density at radius 3 is 2.00 bits per heavy atom. The topological polar surface area (TPSA) is 131 Å². The van der Waals surface area contributed by atoms with Crippen molar-refractivity contribution in [2.75, 3.05) is 49.2 Å². The van der Waals surface area contributed by atoms with Crippen molar-refractivity contribution in [1.29, 1.82) is 0 Å². The average Bonchev–Trinajstić information content (AvgIpc) is 3.81. The van der Waals surface area contributed by atoms with E-state index in [4.69, 9.17) is 40.1 Å². The van der Waals surface area contributed by atoms with Gasteiger partial charge in [0.25, 0.3) is 11.8 Å². The predicted octanol–water partition coefficient (Wildman–Crippen LogP) is 8.41. The van der Waals surface area contributed by atoms with Crippen LogP contribution in [0.3, 0.4) is 0 Å². The number of unbranched alkanes of at least 4 members (excludes halogenated alkanes) is 1. The van der Waals surface area contributed by atoms with Crippen LogP contribution in [0.1, 0.15) is 74.2 Å². The zero-order chi connectivity index (χ0) is 45.7. The summed E-state index contributed by atoms with van der Waals surface area (Å²) in [7, 11) is 3.08. The van der Waals surface area contributed by atoms with Crippen molar-refractivity contribution in [3.8, 4) is 23.0 Å². The van der Waals surface area contributed by atoms with Crippen LogP contribution in [0.5, 0.6) is 23.0 Å². The van der Waals surface area contributed by atoms with E-state index in [0.29, 0.717) is 90.8 Å². The van der Waals surface area contributed by atoms with Crippen LogP contribution in [0.15, 0.2) is 101 Å². The number of anilines is 2. The molecule has 0 spiro atoms. The zero-order valence-corrected chi connectivity index (χ0v) is 39.1. The number of ether oxygens (including phenoxy) is 4. The lowest BCUT2D eigenvalue weighted by Crippen LogP contribution is -2.37. The van der Waals surface area contributed by atoms with Gasteiger partial charge in [-0.05, 0) is 109 Å². The van der Waals surface area contributed by atoms with Gasteiger partial charge in [0.1, 0.15) is 18.1 Å². The number of fused-ring (bicyclic) bond motifs is 8. The Balaban J connectivity index is 0.904. The van der Waals surface area contributed by atoms with Crippen molar-refractivity contribution in [3.63, 3.8) is 0 Å². The summed E-state index contributed by atoms with van der Waals surface area (Å²) in [6.45, 7) is 1.26. The smallest absolute Gasteiger partial charge is 0.261 e. The third-order valence-corrected chi connectivity index (χ3v) is 13.8. The number of aliphatic imine (C=N–C) groups is 2. The lowest BCUT2D eigenvalue weighted by Gasteiger charge is -2.22. The largest absolute Gasteiger partial charge is 0.496 e. The minimum atomic E-state index is -0.172. The molecule has 12 nitrogen and oxygen atoms in total. The van der Waals surface area contributed by atoms with E-state index in [9.17, 15) is 14.4 Å². The lowest BCUT2D eigenvalue weighted by molar-refractivity contribution is -0.121. The fourth-order valence-corrected chi connectivity index (χ4v) is 9.88. The van der Waals surface area contributed by atoms with E-state index >= 15 is 0 Å². The summed E-state index contributed by atoms with van der Waals surface area (Å²) < 4.78 is 24.5. The monoisotopic (exact) mass is 923 g/mol. The number of aryl methyl sites for hydroxylation is 2. The Morgan fingerprint density at radius 2 is 1.35 bits per heavy atom. The minimum absolute atomic E-state index is 0.0292. The standard InChI is InChI=1S/C52H53N5O7S2/c1-61-47-27-41-43(54-30-38-24-35-12-4-6-15-45(35)56(38)51(41)59)26-37(47)14-10-11-33-21-34(23-40(22-33)63-19-9-8-17-50(58)53-18-20-66(3)65)32-64-49-29-44-42(28-48(49)62-2)52(60)57-39(31-55-44)25-36-13-5-7-16-46(36)57/h4-7,12-13,15-16,21-23,26-31,38-39H,8-11,14,17-20,24-25,32H2,1-3H3,(H,53,58)/t38-,39-,66?/m0/s1. The van der Waals surface area contributed by atoms with Crippen LogP contribution in [0.2, 0.25) is 0 Å². The van der Waals surface area contributed by atoms with E-state index in [1.807, 2.05) is 83.1 Å². The summed E-state index contributed by atoms with van der Waals surface area (Å²) >= 11 is 5.23. The van der Waals surface area contributed by atoms with E-state index < -0.39 is 0 Å². The molecule has 1 N–H and O–H groups in total. The van der Waals surface area contributed by atoms with Gasteiger partial charge in [0.15, 0.2) is 11.5 Å². The van der Waals surface area contributed by atoms with Crippen molar-refractivity contribution < 1.29 is 33.3 Å². The van der Waals surface area contributed by atoms with Gasteiger partial charge in [-0.3, -0.25) is 34.2 Å². The van der Waals surface area contributed by atoms with Crippen LogP contribution in [0.4, 0.5) is 22.7 Å². The fourth-order valence-electron chi connectivity index (χ4n) is 9.24. The highest BCUT2D eigenvalue weighted by molar-refractivity contribution is 8.28. The molecule has 5 aromatic rings. The molecule has 4 aliphatic rings. The second-order valence-electron chi connectivity index (χ2n) is 17.0. The molecule has 9 rings (SSSR count). The first kappa shape index (κ1) is 44.8. The number of para-hydroxylation sites is 2. The zero-order valence-electron chi connectivity index (χ0n) is 37.4. The Kier molecular flexibility index (Phi) is 13.6. The van der Waals surface area contributed by atoms with Crippen molar-refractivity contribution in [2.24, 2.45) is 9.98 Å². The van der Waals surface area contributed by atoms with Gasteiger partial charge in [-0.15, -0.1) is 9.45 Å². The average molecular weight is 924 g/mol. The fraction of sp³-hybridized carbons (Fsp3) is 0.327. The second-order valence-corrected chi connectivity index (χ2v) is 20.2. The third-order valence-electron chi connectivity index (χ3n) is 12.5. The number of carbonyl (C=O) groups is 3. The molecule has 66 heavy (non-hydrogen) atoms. The molecule has 5 aromatic carbocycles. The van der Waals surface area contributed by atoms with Gasteiger partial charge in [0.2, 0.25) is 5.91 Å². The van der Waals surface area contributed by atoms with E-state index in [1.165, 1.54) is 0 Å². The van der Waals surface area contributed by atoms with Crippen molar-refractivity contribution in [3.05, 3.63) is 130 Å². The molecule has 4 aliphatic heterocycles. The SMILES string of the molecule is COc1cc2c(cc1CCCc1cc(COc3cc4c(cc3OC)C(=O)N3c5ccccc5C[C@H]3C=N4)cc(OCCCCC(=O)NCCS(C)=S)c1)N=C[C@@H]1Cc3ccccc3N1C2=O. The molecular weight excluding hydrogens is 871 g/mol. The van der Waals surface area contributed by atoms with Gasteiger partial charge < -0.3 is 24.3 Å². The summed E-state index contributed by atoms with van der Waals surface area (Å²) in [5, 5.41) is 2.96. The molecule has 0 radical (unpaired) electrons. The molecule has 3 atom stereocenters. The van der Waals surface area contributed by atoms with E-state index in [1.54, 1.807) is 26.4 Å². The number of methoxy groups -OCH3 is 2. The van der Waals surface area contributed by atoms with Crippen molar-refractivity contribution >= 4 is 73.5 Å². The first-order chi connectivity index (χ1) is 32.2. The number of carbonyl (C=O) groups excluding carboxylic acids is 3. The summed E-state index contributed by atoms with van der Waals surface area (Å²) in [5.74, 6) is 2.90. The number of benzene rings is 5. The molecule has 0 bridgehead atoms. The van der Waals surface area contributed by atoms with Crippen LogP contribution in [-0.2, 0) is 57.7 Å². The van der Waals surface area contributed by atoms with Crippen molar-refractivity contribution in [2.45, 2.75) is 70.1 Å². The highest BCUT2D eigenvalue weighted by Gasteiger charge is 2.38. The third kappa shape index (κ3) is 9.61. The minimum Gasteiger partial charge on any atom is -0.496 e. The van der Waals surface area contributed by atoms with Crippen LogP contribution in [-0.4, -0.2) is 81.6 Å². The molecule has 1 unspecified atom stereocenters. The number of hydrogen-bond acceptors (Lipinski definition) is 10. The normalized spacial score (nSPS) is 16.8. The van der Waals surface area contributed by atoms with E-state index in [-0.39, 0.29) is 45.9 Å². The van der Waals surface area contributed by atoms with Crippen LogP contribution < -0.4 is 34.1 Å². The Hall–Kier alpha value is -6.38. The number of nitrogens with zero attached hydrogens (tertiary/aromatic N) is 4. The predicted molar refractivity (Wildman–Crippen MR) is 264 cm³/mol. The first-order valence-corrected chi connectivity index (χ1v) is 25.2. The molecule has 3 amide bonds. The maximum atomic E-state index is 14.0. The molecule has 14 heteroatoms. The molecular formula is C52H53N5O7S2. The Bertz CT molecular complexity index is 2770. The second kappa shape index (κ2) is 20.0. The number of hydrogen-bond donors (Lipinski definition) is 1. The molecule has 0 saturated heterocycles. The van der Waals surface area contributed by atoms with E-state index in [2.05, 4.69) is 29.6 Å². The number of amides is 3. The maximum Gasteiger partial charge on any atom is 0.261 e.